The molecular weight excluding hydrogens is 270 g/mol. The zero-order valence-corrected chi connectivity index (χ0v) is 12.8. The largest absolute Gasteiger partial charge is 0.497 e. The molecule has 1 heterocycles. The Morgan fingerprint density at radius 1 is 1.40 bits per heavy atom. The molecule has 3 nitrogen and oxygen atoms in total. The van der Waals surface area contributed by atoms with Crippen molar-refractivity contribution in [1.29, 1.82) is 0 Å². The van der Waals surface area contributed by atoms with Gasteiger partial charge in [0.25, 0.3) is 0 Å². The molecule has 0 bridgehead atoms. The second-order valence-electron chi connectivity index (χ2n) is 5.00. The molecule has 0 spiro atoms. The Morgan fingerprint density at radius 2 is 2.25 bits per heavy atom. The summed E-state index contributed by atoms with van der Waals surface area (Å²) in [6.07, 6.45) is 2.86. The van der Waals surface area contributed by atoms with E-state index in [4.69, 9.17) is 4.74 Å². The van der Waals surface area contributed by atoms with Gasteiger partial charge < -0.3 is 9.84 Å². The van der Waals surface area contributed by atoms with E-state index in [0.717, 1.165) is 30.7 Å². The Balaban J connectivity index is 1.93. The third-order valence-corrected chi connectivity index (χ3v) is 4.54. The highest BCUT2D eigenvalue weighted by Crippen LogP contribution is 2.21. The third kappa shape index (κ3) is 4.05. The molecule has 0 radical (unpaired) electrons. The zero-order valence-electron chi connectivity index (χ0n) is 12.0. The number of ether oxygens (including phenoxy) is 1. The number of nitrogens with zero attached hydrogens (tertiary/aromatic N) is 1. The molecule has 1 aromatic carbocycles. The fourth-order valence-corrected chi connectivity index (χ4v) is 3.09. The molecule has 108 valence electrons. The van der Waals surface area contributed by atoms with Crippen molar-refractivity contribution in [2.45, 2.75) is 26.2 Å². The molecule has 2 aromatic rings. The van der Waals surface area contributed by atoms with E-state index in [-0.39, 0.29) is 12.5 Å². The first-order chi connectivity index (χ1) is 9.72. The number of methoxy groups -OCH3 is 1. The van der Waals surface area contributed by atoms with Crippen LogP contribution in [0.4, 0.5) is 0 Å². The standard InChI is InChI=1S/C16H21NO2S/c1-12-16(20-11-17-12)7-6-14(10-18)8-13-4-3-5-15(9-13)19-2/h3-5,9,11,14,18H,6-8,10H2,1-2H3. The van der Waals surface area contributed by atoms with Gasteiger partial charge in [-0.1, -0.05) is 12.1 Å². The summed E-state index contributed by atoms with van der Waals surface area (Å²) < 4.78 is 5.24. The minimum atomic E-state index is 0.217. The molecule has 1 unspecified atom stereocenters. The van der Waals surface area contributed by atoms with Crippen molar-refractivity contribution < 1.29 is 9.84 Å². The summed E-state index contributed by atoms with van der Waals surface area (Å²) in [5, 5.41) is 9.57. The fourth-order valence-electron chi connectivity index (χ4n) is 2.29. The Bertz CT molecular complexity index is 539. The lowest BCUT2D eigenvalue weighted by Gasteiger charge is -2.14. The van der Waals surface area contributed by atoms with Gasteiger partial charge in [-0.05, 0) is 49.8 Å². The number of aryl methyl sites for hydroxylation is 2. The number of aliphatic hydroxyl groups is 1. The van der Waals surface area contributed by atoms with Gasteiger partial charge in [-0.2, -0.15) is 0 Å². The summed E-state index contributed by atoms with van der Waals surface area (Å²) in [4.78, 5) is 5.59. The first kappa shape index (κ1) is 15.0. The van der Waals surface area contributed by atoms with Crippen molar-refractivity contribution in [2.75, 3.05) is 13.7 Å². The fraction of sp³-hybridized carbons (Fsp3) is 0.438. The van der Waals surface area contributed by atoms with Crippen LogP contribution in [-0.4, -0.2) is 23.8 Å². The van der Waals surface area contributed by atoms with Crippen LogP contribution < -0.4 is 4.74 Å². The quantitative estimate of drug-likeness (QED) is 0.851. The topological polar surface area (TPSA) is 42.4 Å². The van der Waals surface area contributed by atoms with Gasteiger partial charge in [0.1, 0.15) is 5.75 Å². The molecule has 1 N–H and O–H groups in total. The highest BCUT2D eigenvalue weighted by Gasteiger charge is 2.11. The number of benzene rings is 1. The van der Waals surface area contributed by atoms with E-state index in [0.29, 0.717) is 0 Å². The van der Waals surface area contributed by atoms with E-state index >= 15 is 0 Å². The van der Waals surface area contributed by atoms with Gasteiger partial charge in [0.15, 0.2) is 0 Å². The maximum absolute atomic E-state index is 9.57. The van der Waals surface area contributed by atoms with Crippen LogP contribution in [0.5, 0.6) is 5.75 Å². The van der Waals surface area contributed by atoms with Crippen LogP contribution in [0, 0.1) is 12.8 Å². The van der Waals surface area contributed by atoms with Crippen LogP contribution >= 0.6 is 11.3 Å². The lowest BCUT2D eigenvalue weighted by molar-refractivity contribution is 0.218. The average molecular weight is 291 g/mol. The molecule has 0 fully saturated rings. The van der Waals surface area contributed by atoms with Gasteiger partial charge in [0.2, 0.25) is 0 Å². The first-order valence-corrected chi connectivity index (χ1v) is 7.73. The van der Waals surface area contributed by atoms with Gasteiger partial charge in [0, 0.05) is 11.5 Å². The van der Waals surface area contributed by atoms with E-state index in [1.54, 1.807) is 18.4 Å². The smallest absolute Gasteiger partial charge is 0.119 e. The summed E-state index contributed by atoms with van der Waals surface area (Å²) in [6, 6.07) is 8.07. The molecule has 0 aliphatic carbocycles. The lowest BCUT2D eigenvalue weighted by atomic mass is 9.95. The number of aliphatic hydroxyl groups excluding tert-OH is 1. The molecular formula is C16H21NO2S. The Kier molecular flexibility index (Phi) is 5.56. The number of aromatic nitrogens is 1. The summed E-state index contributed by atoms with van der Waals surface area (Å²) >= 11 is 1.70. The van der Waals surface area contributed by atoms with E-state index in [1.165, 1.54) is 10.4 Å². The maximum Gasteiger partial charge on any atom is 0.119 e. The normalized spacial score (nSPS) is 12.3. The number of hydrogen-bond donors (Lipinski definition) is 1. The third-order valence-electron chi connectivity index (χ3n) is 3.54. The van der Waals surface area contributed by atoms with Crippen molar-refractivity contribution in [1.82, 2.24) is 4.98 Å². The maximum atomic E-state index is 9.57. The van der Waals surface area contributed by atoms with Crippen LogP contribution in [-0.2, 0) is 12.8 Å². The van der Waals surface area contributed by atoms with Crippen molar-refractivity contribution >= 4 is 11.3 Å². The SMILES string of the molecule is COc1cccc(CC(CO)CCc2scnc2C)c1. The van der Waals surface area contributed by atoms with Gasteiger partial charge in [0.05, 0.1) is 18.3 Å². The molecule has 0 aliphatic rings. The number of thiazole rings is 1. The van der Waals surface area contributed by atoms with E-state index in [2.05, 4.69) is 11.1 Å². The molecule has 1 aromatic heterocycles. The molecule has 0 aliphatic heterocycles. The minimum Gasteiger partial charge on any atom is -0.497 e. The summed E-state index contributed by atoms with van der Waals surface area (Å²) in [5.74, 6) is 1.15. The van der Waals surface area contributed by atoms with E-state index in [1.807, 2.05) is 30.6 Å². The lowest BCUT2D eigenvalue weighted by Crippen LogP contribution is -2.11. The van der Waals surface area contributed by atoms with Crippen molar-refractivity contribution in [3.63, 3.8) is 0 Å². The Labute approximate surface area is 124 Å². The molecule has 1 atom stereocenters. The van der Waals surface area contributed by atoms with Gasteiger partial charge in [-0.3, -0.25) is 0 Å². The van der Waals surface area contributed by atoms with Gasteiger partial charge >= 0.3 is 0 Å². The molecule has 4 heteroatoms. The molecule has 2 rings (SSSR count). The highest BCUT2D eigenvalue weighted by molar-refractivity contribution is 7.09. The average Bonchev–Trinajstić information content (AvgIpc) is 2.89. The first-order valence-electron chi connectivity index (χ1n) is 6.85. The zero-order chi connectivity index (χ0) is 14.4. The van der Waals surface area contributed by atoms with Gasteiger partial charge in [-0.15, -0.1) is 11.3 Å². The predicted molar refractivity (Wildman–Crippen MR) is 82.4 cm³/mol. The Hall–Kier alpha value is -1.39. The van der Waals surface area contributed by atoms with Crippen molar-refractivity contribution in [3.05, 3.63) is 45.9 Å². The second-order valence-corrected chi connectivity index (χ2v) is 5.94. The molecule has 0 saturated heterocycles. The van der Waals surface area contributed by atoms with Crippen molar-refractivity contribution in [3.8, 4) is 5.75 Å². The van der Waals surface area contributed by atoms with Gasteiger partial charge in [-0.25, -0.2) is 4.98 Å². The van der Waals surface area contributed by atoms with Crippen LogP contribution in [0.3, 0.4) is 0 Å². The number of rotatable bonds is 7. The summed E-state index contributed by atoms with van der Waals surface area (Å²) in [5.41, 5.74) is 4.22. The molecule has 0 saturated carbocycles. The van der Waals surface area contributed by atoms with Crippen LogP contribution in [0.25, 0.3) is 0 Å². The predicted octanol–water partition coefficient (Wildman–Crippen LogP) is 3.24. The summed E-state index contributed by atoms with van der Waals surface area (Å²) in [7, 11) is 1.68. The molecule has 20 heavy (non-hydrogen) atoms. The number of hydrogen-bond acceptors (Lipinski definition) is 4. The molecule has 0 amide bonds. The van der Waals surface area contributed by atoms with E-state index < -0.39 is 0 Å². The van der Waals surface area contributed by atoms with Crippen LogP contribution in [0.15, 0.2) is 29.8 Å². The van der Waals surface area contributed by atoms with Crippen LogP contribution in [0.2, 0.25) is 0 Å². The summed E-state index contributed by atoms with van der Waals surface area (Å²) in [6.45, 7) is 2.26. The van der Waals surface area contributed by atoms with Crippen molar-refractivity contribution in [2.24, 2.45) is 5.92 Å². The second kappa shape index (κ2) is 7.41. The van der Waals surface area contributed by atoms with Crippen LogP contribution in [0.1, 0.15) is 22.6 Å². The monoisotopic (exact) mass is 291 g/mol. The Morgan fingerprint density at radius 3 is 2.90 bits per heavy atom. The highest BCUT2D eigenvalue weighted by atomic mass is 32.1. The minimum absolute atomic E-state index is 0.217. The van der Waals surface area contributed by atoms with E-state index in [9.17, 15) is 5.11 Å².